The predicted molar refractivity (Wildman–Crippen MR) is 108 cm³/mol. The summed E-state index contributed by atoms with van der Waals surface area (Å²) >= 11 is 5.20. The Labute approximate surface area is 159 Å². The van der Waals surface area contributed by atoms with Crippen LogP contribution in [0, 0.1) is 6.92 Å². The number of amides is 2. The molecule has 5 nitrogen and oxygen atoms in total. The molecule has 0 aliphatic carbocycles. The summed E-state index contributed by atoms with van der Waals surface area (Å²) in [5.74, 6) is -0.344. The molecule has 2 aromatic carbocycles. The van der Waals surface area contributed by atoms with Crippen molar-refractivity contribution >= 4 is 34.8 Å². The van der Waals surface area contributed by atoms with Gasteiger partial charge in [0, 0.05) is 17.3 Å². The van der Waals surface area contributed by atoms with Gasteiger partial charge in [0.2, 0.25) is 5.91 Å². The van der Waals surface area contributed by atoms with Gasteiger partial charge in [-0.15, -0.1) is 0 Å². The van der Waals surface area contributed by atoms with Crippen LogP contribution in [0.2, 0.25) is 0 Å². The van der Waals surface area contributed by atoms with Gasteiger partial charge in [-0.25, -0.2) is 0 Å². The fraction of sp³-hybridized carbons (Fsp3) is 0.250. The van der Waals surface area contributed by atoms with Gasteiger partial charge in [0.15, 0.2) is 5.11 Å². The Hall–Kier alpha value is -2.73. The van der Waals surface area contributed by atoms with Gasteiger partial charge in [-0.2, -0.15) is 0 Å². The maximum atomic E-state index is 12.2. The van der Waals surface area contributed by atoms with Gasteiger partial charge in [0.25, 0.3) is 5.91 Å². The molecule has 136 valence electrons. The van der Waals surface area contributed by atoms with E-state index < -0.39 is 0 Å². The zero-order chi connectivity index (χ0) is 19.1. The number of carbonyl (C=O) groups excluding carboxylic acids is 2. The molecule has 0 bridgehead atoms. The fourth-order valence-corrected chi connectivity index (χ4v) is 2.63. The number of thiocarbonyl (C=S) groups is 1. The lowest BCUT2D eigenvalue weighted by Gasteiger charge is -2.12. The molecule has 26 heavy (non-hydrogen) atoms. The van der Waals surface area contributed by atoms with Crippen molar-refractivity contribution in [2.45, 2.75) is 33.2 Å². The van der Waals surface area contributed by atoms with Gasteiger partial charge >= 0.3 is 0 Å². The fourth-order valence-electron chi connectivity index (χ4n) is 2.40. The molecule has 0 saturated heterocycles. The van der Waals surface area contributed by atoms with E-state index in [0.29, 0.717) is 11.3 Å². The van der Waals surface area contributed by atoms with E-state index in [0.717, 1.165) is 11.1 Å². The van der Waals surface area contributed by atoms with E-state index in [2.05, 4.69) is 16.0 Å². The third-order valence-corrected chi connectivity index (χ3v) is 3.87. The number of aryl methyl sites for hydroxylation is 1. The lowest BCUT2D eigenvalue weighted by molar-refractivity contribution is -0.119. The van der Waals surface area contributed by atoms with Gasteiger partial charge in [0.1, 0.15) is 0 Å². The molecule has 0 aliphatic heterocycles. The van der Waals surface area contributed by atoms with Gasteiger partial charge in [-0.3, -0.25) is 9.59 Å². The number of benzene rings is 2. The smallest absolute Gasteiger partial charge is 0.251 e. The highest BCUT2D eigenvalue weighted by Gasteiger charge is 2.10. The zero-order valence-electron chi connectivity index (χ0n) is 15.1. The van der Waals surface area contributed by atoms with E-state index in [4.69, 9.17) is 12.2 Å². The maximum absolute atomic E-state index is 12.2. The molecule has 0 aromatic heterocycles. The van der Waals surface area contributed by atoms with Crippen LogP contribution < -0.4 is 16.0 Å². The minimum Gasteiger partial charge on any atom is -0.350 e. The molecule has 0 atom stereocenters. The Morgan fingerprint density at radius 3 is 2.50 bits per heavy atom. The highest BCUT2D eigenvalue weighted by atomic mass is 32.1. The average Bonchev–Trinajstić information content (AvgIpc) is 2.56. The van der Waals surface area contributed by atoms with E-state index in [1.54, 1.807) is 24.3 Å². The van der Waals surface area contributed by atoms with Gasteiger partial charge in [-0.05, 0) is 62.3 Å². The minimum atomic E-state index is -0.189. The number of nitrogens with one attached hydrogen (secondary N) is 3. The number of hydrogen-bond acceptors (Lipinski definition) is 3. The second-order valence-electron chi connectivity index (χ2n) is 6.31. The van der Waals surface area contributed by atoms with E-state index in [-0.39, 0.29) is 29.4 Å². The van der Waals surface area contributed by atoms with Gasteiger partial charge in [-0.1, -0.05) is 30.3 Å². The first-order valence-corrected chi connectivity index (χ1v) is 8.82. The van der Waals surface area contributed by atoms with Crippen molar-refractivity contribution in [1.82, 2.24) is 10.6 Å². The van der Waals surface area contributed by atoms with Crippen molar-refractivity contribution in [3.63, 3.8) is 0 Å². The minimum absolute atomic E-state index is 0.0564. The molecule has 0 heterocycles. The third-order valence-electron chi connectivity index (χ3n) is 3.67. The molecule has 0 aliphatic rings. The lowest BCUT2D eigenvalue weighted by atomic mass is 10.1. The molecule has 0 fully saturated rings. The quantitative estimate of drug-likeness (QED) is 0.708. The normalized spacial score (nSPS) is 10.3. The second-order valence-corrected chi connectivity index (χ2v) is 6.72. The summed E-state index contributed by atoms with van der Waals surface area (Å²) in [4.78, 5) is 24.2. The summed E-state index contributed by atoms with van der Waals surface area (Å²) < 4.78 is 0. The van der Waals surface area contributed by atoms with Crippen LogP contribution in [0.25, 0.3) is 0 Å². The van der Waals surface area contributed by atoms with Crippen molar-refractivity contribution in [3.8, 4) is 0 Å². The maximum Gasteiger partial charge on any atom is 0.251 e. The highest BCUT2D eigenvalue weighted by Crippen LogP contribution is 2.11. The van der Waals surface area contributed by atoms with Gasteiger partial charge in [0.05, 0.1) is 6.42 Å². The number of carbonyl (C=O) groups is 2. The first-order valence-electron chi connectivity index (χ1n) is 8.41. The van der Waals surface area contributed by atoms with Crippen molar-refractivity contribution < 1.29 is 9.59 Å². The summed E-state index contributed by atoms with van der Waals surface area (Å²) in [6.07, 6.45) is 0.255. The monoisotopic (exact) mass is 369 g/mol. The summed E-state index contributed by atoms with van der Waals surface area (Å²) in [5, 5.41) is 8.64. The Morgan fingerprint density at radius 2 is 1.81 bits per heavy atom. The van der Waals surface area contributed by atoms with Crippen LogP contribution in [0.15, 0.2) is 48.5 Å². The van der Waals surface area contributed by atoms with Crippen LogP contribution in [-0.4, -0.2) is 23.0 Å². The second kappa shape index (κ2) is 9.10. The molecule has 0 radical (unpaired) electrons. The molecule has 2 amide bonds. The highest BCUT2D eigenvalue weighted by molar-refractivity contribution is 7.80. The zero-order valence-corrected chi connectivity index (χ0v) is 15.9. The van der Waals surface area contributed by atoms with E-state index >= 15 is 0 Å². The summed E-state index contributed by atoms with van der Waals surface area (Å²) in [6, 6.07) is 14.7. The molecule has 2 aromatic rings. The first-order chi connectivity index (χ1) is 12.3. The Bertz CT molecular complexity index is 818. The van der Waals surface area contributed by atoms with E-state index in [9.17, 15) is 9.59 Å². The molecule has 0 spiro atoms. The Balaban J connectivity index is 1.94. The van der Waals surface area contributed by atoms with Crippen molar-refractivity contribution in [3.05, 3.63) is 65.2 Å². The van der Waals surface area contributed by atoms with Gasteiger partial charge < -0.3 is 16.0 Å². The van der Waals surface area contributed by atoms with E-state index in [1.807, 2.05) is 45.0 Å². The third kappa shape index (κ3) is 5.97. The Kier molecular flexibility index (Phi) is 6.86. The molecule has 2 rings (SSSR count). The van der Waals surface area contributed by atoms with E-state index in [1.165, 1.54) is 0 Å². The summed E-state index contributed by atoms with van der Waals surface area (Å²) in [6.45, 7) is 5.77. The van der Waals surface area contributed by atoms with Crippen LogP contribution in [0.4, 0.5) is 5.69 Å². The molecular formula is C20H23N3O2S. The van der Waals surface area contributed by atoms with Crippen LogP contribution in [0.5, 0.6) is 0 Å². The molecule has 6 heteroatoms. The van der Waals surface area contributed by atoms with Crippen molar-refractivity contribution in [2.75, 3.05) is 5.32 Å². The predicted octanol–water partition coefficient (Wildman–Crippen LogP) is 3.19. The average molecular weight is 369 g/mol. The van der Waals surface area contributed by atoms with Crippen LogP contribution in [0.1, 0.15) is 35.3 Å². The van der Waals surface area contributed by atoms with Crippen LogP contribution in [-0.2, 0) is 11.2 Å². The lowest BCUT2D eigenvalue weighted by Crippen LogP contribution is -2.35. The number of anilines is 1. The van der Waals surface area contributed by atoms with Crippen molar-refractivity contribution in [1.29, 1.82) is 0 Å². The molecule has 3 N–H and O–H groups in total. The van der Waals surface area contributed by atoms with Crippen molar-refractivity contribution in [2.24, 2.45) is 0 Å². The van der Waals surface area contributed by atoms with Crippen LogP contribution in [0.3, 0.4) is 0 Å². The largest absolute Gasteiger partial charge is 0.350 e. The summed E-state index contributed by atoms with van der Waals surface area (Å²) in [7, 11) is 0. The number of hydrogen-bond donors (Lipinski definition) is 3. The van der Waals surface area contributed by atoms with Crippen LogP contribution >= 0.6 is 12.2 Å². The molecule has 0 saturated carbocycles. The first kappa shape index (κ1) is 19.6. The standard InChI is InChI=1S/C20H23N3O2S/c1-13(2)21-19(25)16-9-6-10-17(11-16)22-20(26)23-18(24)12-15-8-5-4-7-14(15)3/h4-11,13H,12H2,1-3H3,(H,21,25)(H2,22,23,24,26). The summed E-state index contributed by atoms with van der Waals surface area (Å²) in [5.41, 5.74) is 3.19. The molecule has 0 unspecified atom stereocenters. The molecular weight excluding hydrogens is 346 g/mol. The topological polar surface area (TPSA) is 70.2 Å². The number of rotatable bonds is 5. The Morgan fingerprint density at radius 1 is 1.08 bits per heavy atom. The SMILES string of the molecule is Cc1ccccc1CC(=O)NC(=S)Nc1cccc(C(=O)NC(C)C)c1.